The van der Waals surface area contributed by atoms with Crippen LogP contribution in [0.15, 0.2) is 30.3 Å². The molecule has 0 spiro atoms. The first-order valence-corrected chi connectivity index (χ1v) is 4.08. The fraction of sp³-hybridized carbons (Fsp3) is 0.300. The molecule has 0 heterocycles. The fourth-order valence-corrected chi connectivity index (χ4v) is 1.07. The van der Waals surface area contributed by atoms with Gasteiger partial charge in [0.2, 0.25) is 0 Å². The zero-order chi connectivity index (χ0) is 9.84. The number of aliphatic hydroxyl groups is 1. The molecule has 0 aromatic heterocycles. The zero-order valence-electron chi connectivity index (χ0n) is 7.34. The van der Waals surface area contributed by atoms with Gasteiger partial charge in [-0.05, 0) is 12.5 Å². The second-order valence-corrected chi connectivity index (χ2v) is 2.98. The van der Waals surface area contributed by atoms with E-state index in [4.69, 9.17) is 5.11 Å². The molecule has 3 heteroatoms. The Kier molecular flexibility index (Phi) is 3.03. The summed E-state index contributed by atoms with van der Waals surface area (Å²) in [4.78, 5) is 10.6. The quantitative estimate of drug-likeness (QED) is 0.740. The number of hydrogen-bond acceptors (Lipinski definition) is 2. The molecule has 2 N–H and O–H groups in total. The van der Waals surface area contributed by atoms with Crippen LogP contribution in [0.1, 0.15) is 18.6 Å². The van der Waals surface area contributed by atoms with E-state index in [-0.39, 0.29) is 0 Å². The van der Waals surface area contributed by atoms with E-state index in [1.807, 2.05) is 6.07 Å². The minimum Gasteiger partial charge on any atom is -0.481 e. The summed E-state index contributed by atoms with van der Waals surface area (Å²) in [5.41, 5.74) is 0.636. The molecule has 13 heavy (non-hydrogen) atoms. The van der Waals surface area contributed by atoms with E-state index in [0.29, 0.717) is 5.56 Å². The second-order valence-electron chi connectivity index (χ2n) is 2.98. The third kappa shape index (κ3) is 2.29. The Morgan fingerprint density at radius 1 is 1.31 bits per heavy atom. The van der Waals surface area contributed by atoms with Crippen LogP contribution in [0.2, 0.25) is 0 Å². The molecular formula is C10H12O3. The summed E-state index contributed by atoms with van der Waals surface area (Å²) in [6.45, 7) is 1.49. The van der Waals surface area contributed by atoms with Gasteiger partial charge < -0.3 is 10.2 Å². The first kappa shape index (κ1) is 9.74. The molecule has 0 amide bonds. The molecule has 0 radical (unpaired) electrons. The summed E-state index contributed by atoms with van der Waals surface area (Å²) < 4.78 is 0. The number of carboxylic acid groups (broad SMARTS) is 1. The summed E-state index contributed by atoms with van der Waals surface area (Å²) in [5.74, 6) is -1.77. The zero-order valence-corrected chi connectivity index (χ0v) is 7.34. The third-order valence-electron chi connectivity index (χ3n) is 2.00. The average molecular weight is 180 g/mol. The molecule has 0 aliphatic carbocycles. The van der Waals surface area contributed by atoms with Gasteiger partial charge in [0.15, 0.2) is 0 Å². The predicted molar refractivity (Wildman–Crippen MR) is 48.2 cm³/mol. The fourth-order valence-electron chi connectivity index (χ4n) is 1.07. The van der Waals surface area contributed by atoms with Crippen LogP contribution in [0.25, 0.3) is 0 Å². The Labute approximate surface area is 76.6 Å². The predicted octanol–water partition coefficient (Wildman–Crippen LogP) is 1.44. The minimum absolute atomic E-state index is 0.636. The van der Waals surface area contributed by atoms with Gasteiger partial charge in [-0.1, -0.05) is 30.3 Å². The van der Waals surface area contributed by atoms with Crippen LogP contribution >= 0.6 is 0 Å². The molecule has 1 aromatic rings. The van der Waals surface area contributed by atoms with Crippen molar-refractivity contribution in [3.8, 4) is 0 Å². The number of aliphatic hydroxyl groups excluding tert-OH is 1. The summed E-state index contributed by atoms with van der Waals surface area (Å²) in [6.07, 6.45) is -0.932. The molecule has 0 bridgehead atoms. The highest BCUT2D eigenvalue weighted by atomic mass is 16.4. The average Bonchev–Trinajstić information content (AvgIpc) is 2.17. The van der Waals surface area contributed by atoms with Crippen molar-refractivity contribution >= 4 is 5.97 Å². The Morgan fingerprint density at radius 3 is 2.31 bits per heavy atom. The maximum absolute atomic E-state index is 10.6. The number of rotatable bonds is 3. The lowest BCUT2D eigenvalue weighted by Gasteiger charge is -2.14. The van der Waals surface area contributed by atoms with Gasteiger partial charge in [0.05, 0.1) is 12.0 Å². The van der Waals surface area contributed by atoms with Crippen molar-refractivity contribution in [2.45, 2.75) is 13.0 Å². The summed E-state index contributed by atoms with van der Waals surface area (Å²) in [7, 11) is 0. The highest BCUT2D eigenvalue weighted by molar-refractivity contribution is 5.70. The Balaban J connectivity index is 2.79. The lowest BCUT2D eigenvalue weighted by Crippen LogP contribution is -2.18. The van der Waals surface area contributed by atoms with Gasteiger partial charge >= 0.3 is 5.97 Å². The monoisotopic (exact) mass is 180 g/mol. The first-order valence-electron chi connectivity index (χ1n) is 4.08. The Bertz CT molecular complexity index is 281. The lowest BCUT2D eigenvalue weighted by molar-refractivity contribution is -0.145. The molecular weight excluding hydrogens is 168 g/mol. The molecule has 0 fully saturated rings. The van der Waals surface area contributed by atoms with Gasteiger partial charge in [-0.3, -0.25) is 4.79 Å². The van der Waals surface area contributed by atoms with Gasteiger partial charge in [0, 0.05) is 0 Å². The Morgan fingerprint density at radius 2 is 1.85 bits per heavy atom. The van der Waals surface area contributed by atoms with Crippen molar-refractivity contribution in [3.05, 3.63) is 35.9 Å². The van der Waals surface area contributed by atoms with E-state index in [1.54, 1.807) is 24.3 Å². The second kappa shape index (κ2) is 4.05. The van der Waals surface area contributed by atoms with Gasteiger partial charge in [-0.15, -0.1) is 0 Å². The van der Waals surface area contributed by atoms with Crippen LogP contribution in [-0.4, -0.2) is 16.2 Å². The molecule has 70 valence electrons. The molecule has 3 nitrogen and oxygen atoms in total. The van der Waals surface area contributed by atoms with Crippen LogP contribution < -0.4 is 0 Å². The molecule has 1 unspecified atom stereocenters. The lowest BCUT2D eigenvalue weighted by atomic mass is 9.98. The molecule has 0 aliphatic heterocycles. The minimum atomic E-state index is -0.989. The molecule has 1 aromatic carbocycles. The van der Waals surface area contributed by atoms with Crippen LogP contribution in [0.5, 0.6) is 0 Å². The highest BCUT2D eigenvalue weighted by Crippen LogP contribution is 2.21. The summed E-state index contributed by atoms with van der Waals surface area (Å²) in [6, 6.07) is 8.79. The van der Waals surface area contributed by atoms with Crippen molar-refractivity contribution in [1.29, 1.82) is 0 Å². The van der Waals surface area contributed by atoms with Crippen molar-refractivity contribution in [2.75, 3.05) is 0 Å². The van der Waals surface area contributed by atoms with E-state index < -0.39 is 18.0 Å². The molecule has 0 saturated heterocycles. The molecule has 2 atom stereocenters. The number of aliphatic carboxylic acids is 1. The topological polar surface area (TPSA) is 57.5 Å². The number of benzene rings is 1. The maximum Gasteiger partial charge on any atom is 0.309 e. The highest BCUT2D eigenvalue weighted by Gasteiger charge is 2.22. The smallest absolute Gasteiger partial charge is 0.309 e. The van der Waals surface area contributed by atoms with Crippen molar-refractivity contribution < 1.29 is 15.0 Å². The van der Waals surface area contributed by atoms with Crippen molar-refractivity contribution in [1.82, 2.24) is 0 Å². The van der Waals surface area contributed by atoms with E-state index in [1.165, 1.54) is 6.92 Å². The van der Waals surface area contributed by atoms with Crippen LogP contribution in [0, 0.1) is 5.92 Å². The molecule has 0 aliphatic rings. The number of carbonyl (C=O) groups is 1. The summed E-state index contributed by atoms with van der Waals surface area (Å²) >= 11 is 0. The van der Waals surface area contributed by atoms with E-state index in [2.05, 4.69) is 0 Å². The molecule has 1 rings (SSSR count). The normalized spacial score (nSPS) is 14.9. The SMILES string of the molecule is C[C@H](C(=O)O)C(O)c1ccccc1. The van der Waals surface area contributed by atoms with Gasteiger partial charge in [0.1, 0.15) is 0 Å². The van der Waals surface area contributed by atoms with Crippen molar-refractivity contribution in [2.24, 2.45) is 5.92 Å². The molecule has 0 saturated carbocycles. The standard InChI is InChI=1S/C10H12O3/c1-7(10(12)13)9(11)8-5-3-2-4-6-8/h2-7,9,11H,1H3,(H,12,13)/t7-,9?/m0/s1. The van der Waals surface area contributed by atoms with Gasteiger partial charge in [0.25, 0.3) is 0 Å². The van der Waals surface area contributed by atoms with Gasteiger partial charge in [-0.2, -0.15) is 0 Å². The first-order chi connectivity index (χ1) is 6.13. The largest absolute Gasteiger partial charge is 0.481 e. The van der Waals surface area contributed by atoms with Gasteiger partial charge in [-0.25, -0.2) is 0 Å². The third-order valence-corrected chi connectivity index (χ3v) is 2.00. The van der Waals surface area contributed by atoms with Crippen molar-refractivity contribution in [3.63, 3.8) is 0 Å². The summed E-state index contributed by atoms with van der Waals surface area (Å²) in [5, 5.41) is 18.2. The maximum atomic E-state index is 10.6. The van der Waals surface area contributed by atoms with Crippen LogP contribution in [-0.2, 0) is 4.79 Å². The van der Waals surface area contributed by atoms with E-state index in [0.717, 1.165) is 0 Å². The van der Waals surface area contributed by atoms with E-state index in [9.17, 15) is 9.90 Å². The van der Waals surface area contributed by atoms with E-state index >= 15 is 0 Å². The van der Waals surface area contributed by atoms with Crippen LogP contribution in [0.4, 0.5) is 0 Å². The number of hydrogen-bond donors (Lipinski definition) is 2. The van der Waals surface area contributed by atoms with Crippen LogP contribution in [0.3, 0.4) is 0 Å². The Hall–Kier alpha value is -1.35. The number of carboxylic acids is 1.